The average molecular weight is 307 g/mol. The molecule has 1 aromatic carbocycles. The van der Waals surface area contributed by atoms with Crippen molar-refractivity contribution in [1.82, 2.24) is 4.72 Å². The summed E-state index contributed by atoms with van der Waals surface area (Å²) in [6, 6.07) is 6.66. The minimum absolute atomic E-state index is 0.208. The highest BCUT2D eigenvalue weighted by atomic mass is 32.2. The van der Waals surface area contributed by atoms with E-state index in [4.69, 9.17) is 5.26 Å². The minimum Gasteiger partial charge on any atom is -0.207 e. The van der Waals surface area contributed by atoms with Crippen LogP contribution in [0.15, 0.2) is 23.1 Å². The molecule has 0 heterocycles. The predicted octanol–water partition coefficient (Wildman–Crippen LogP) is 2.20. The summed E-state index contributed by atoms with van der Waals surface area (Å²) in [5.74, 6) is -0.774. The van der Waals surface area contributed by atoms with E-state index in [1.54, 1.807) is 6.07 Å². The van der Waals surface area contributed by atoms with Crippen LogP contribution in [0, 0.1) is 28.5 Å². The fraction of sp³-hybridized carbons (Fsp3) is 0.429. The highest BCUT2D eigenvalue weighted by molar-refractivity contribution is 7.89. The lowest BCUT2D eigenvalue weighted by molar-refractivity contribution is 0.338. The van der Waals surface area contributed by atoms with Gasteiger partial charge in [-0.15, -0.1) is 0 Å². The molecular formula is C14H14FN3O2S. The first-order chi connectivity index (χ1) is 9.92. The molecule has 0 bridgehead atoms. The molecule has 0 atom stereocenters. The van der Waals surface area contributed by atoms with Crippen LogP contribution in [0.3, 0.4) is 0 Å². The maximum Gasteiger partial charge on any atom is 0.241 e. The number of nitriles is 2. The van der Waals surface area contributed by atoms with Crippen LogP contribution in [0.1, 0.15) is 37.7 Å². The van der Waals surface area contributed by atoms with Crippen molar-refractivity contribution in [3.05, 3.63) is 29.6 Å². The summed E-state index contributed by atoms with van der Waals surface area (Å²) in [6.45, 7) is 0. The Morgan fingerprint density at radius 1 is 1.19 bits per heavy atom. The minimum atomic E-state index is -3.97. The standard InChI is InChI=1S/C14H14FN3O2S/c15-13-5-4-12(8-11(13)9-16)21(19,20)18-14(10-17)6-2-1-3-7-14/h4-5,8,18H,1-3,6-7H2. The Hall–Kier alpha value is -1.96. The van der Waals surface area contributed by atoms with Crippen LogP contribution in [0.25, 0.3) is 0 Å². The Labute approximate surface area is 123 Å². The van der Waals surface area contributed by atoms with Crippen molar-refractivity contribution < 1.29 is 12.8 Å². The van der Waals surface area contributed by atoms with Crippen LogP contribution < -0.4 is 4.72 Å². The summed E-state index contributed by atoms with van der Waals surface area (Å²) < 4.78 is 40.4. The number of hydrogen-bond acceptors (Lipinski definition) is 4. The molecule has 21 heavy (non-hydrogen) atoms. The molecule has 0 spiro atoms. The zero-order chi connectivity index (χ0) is 15.5. The van der Waals surface area contributed by atoms with E-state index in [0.29, 0.717) is 12.8 Å². The molecule has 1 aromatic rings. The third-order valence-electron chi connectivity index (χ3n) is 3.62. The number of hydrogen-bond donors (Lipinski definition) is 1. The lowest BCUT2D eigenvalue weighted by atomic mass is 9.84. The van der Waals surface area contributed by atoms with Crippen LogP contribution >= 0.6 is 0 Å². The topological polar surface area (TPSA) is 93.8 Å². The first-order valence-electron chi connectivity index (χ1n) is 6.57. The first-order valence-corrected chi connectivity index (χ1v) is 8.06. The van der Waals surface area contributed by atoms with E-state index in [0.717, 1.165) is 37.5 Å². The second kappa shape index (κ2) is 5.80. The normalized spacial score (nSPS) is 17.7. The fourth-order valence-corrected chi connectivity index (χ4v) is 3.87. The number of nitrogens with one attached hydrogen (secondary N) is 1. The Morgan fingerprint density at radius 2 is 1.86 bits per heavy atom. The third-order valence-corrected chi connectivity index (χ3v) is 5.15. The van der Waals surface area contributed by atoms with Gasteiger partial charge in [0.25, 0.3) is 0 Å². The summed E-state index contributed by atoms with van der Waals surface area (Å²) in [5, 5.41) is 18.1. The predicted molar refractivity (Wildman–Crippen MR) is 72.9 cm³/mol. The van der Waals surface area contributed by atoms with E-state index in [-0.39, 0.29) is 10.5 Å². The van der Waals surface area contributed by atoms with Gasteiger partial charge < -0.3 is 0 Å². The molecule has 0 unspecified atom stereocenters. The zero-order valence-electron chi connectivity index (χ0n) is 11.3. The van der Waals surface area contributed by atoms with E-state index in [1.807, 2.05) is 0 Å². The van der Waals surface area contributed by atoms with E-state index in [1.165, 1.54) is 0 Å². The first kappa shape index (κ1) is 15.4. The Bertz CT molecular complexity index is 726. The van der Waals surface area contributed by atoms with Gasteiger partial charge in [0.1, 0.15) is 17.4 Å². The van der Waals surface area contributed by atoms with Gasteiger partial charge in [0.05, 0.1) is 16.5 Å². The molecule has 110 valence electrons. The van der Waals surface area contributed by atoms with Gasteiger partial charge in [-0.2, -0.15) is 15.2 Å². The molecule has 1 N–H and O–H groups in total. The van der Waals surface area contributed by atoms with Gasteiger partial charge in [-0.3, -0.25) is 0 Å². The fourth-order valence-electron chi connectivity index (χ4n) is 2.47. The van der Waals surface area contributed by atoms with E-state index >= 15 is 0 Å². The molecule has 0 radical (unpaired) electrons. The van der Waals surface area contributed by atoms with Gasteiger partial charge >= 0.3 is 0 Å². The molecule has 1 aliphatic carbocycles. The van der Waals surface area contributed by atoms with Crippen LogP contribution in [0.2, 0.25) is 0 Å². The SMILES string of the molecule is N#Cc1cc(S(=O)(=O)NC2(C#N)CCCCC2)ccc1F. The second-order valence-corrected chi connectivity index (χ2v) is 6.80. The van der Waals surface area contributed by atoms with Gasteiger partial charge in [0.15, 0.2) is 0 Å². The maximum absolute atomic E-state index is 13.3. The maximum atomic E-state index is 13.3. The van der Waals surface area contributed by atoms with Crippen LogP contribution in [-0.2, 0) is 10.0 Å². The van der Waals surface area contributed by atoms with Gasteiger partial charge in [-0.1, -0.05) is 19.3 Å². The summed E-state index contributed by atoms with van der Waals surface area (Å²) >= 11 is 0. The van der Waals surface area contributed by atoms with Crippen molar-refractivity contribution in [3.63, 3.8) is 0 Å². The summed E-state index contributed by atoms with van der Waals surface area (Å²) in [5.41, 5.74) is -1.45. The largest absolute Gasteiger partial charge is 0.241 e. The number of rotatable bonds is 3. The molecule has 7 heteroatoms. The van der Waals surface area contributed by atoms with Crippen LogP contribution in [0.5, 0.6) is 0 Å². The van der Waals surface area contributed by atoms with Crippen molar-refractivity contribution in [2.45, 2.75) is 42.5 Å². The number of sulfonamides is 1. The third kappa shape index (κ3) is 3.21. The molecule has 0 amide bonds. The zero-order valence-corrected chi connectivity index (χ0v) is 12.1. The summed E-state index contributed by atoms with van der Waals surface area (Å²) in [6.07, 6.45) is 3.44. The van der Waals surface area contributed by atoms with Gasteiger partial charge in [0, 0.05) is 0 Å². The second-order valence-electron chi connectivity index (χ2n) is 5.11. The Kier molecular flexibility index (Phi) is 4.26. The molecule has 5 nitrogen and oxygen atoms in total. The summed E-state index contributed by atoms with van der Waals surface area (Å²) in [4.78, 5) is -0.208. The van der Waals surface area contributed by atoms with Crippen molar-refractivity contribution in [1.29, 1.82) is 10.5 Å². The van der Waals surface area contributed by atoms with Gasteiger partial charge in [0.2, 0.25) is 10.0 Å². The summed E-state index contributed by atoms with van der Waals surface area (Å²) in [7, 11) is -3.97. The lowest BCUT2D eigenvalue weighted by Gasteiger charge is -2.31. The van der Waals surface area contributed by atoms with Crippen molar-refractivity contribution in [2.75, 3.05) is 0 Å². The van der Waals surface area contributed by atoms with Crippen molar-refractivity contribution in [3.8, 4) is 12.1 Å². The molecular weight excluding hydrogens is 293 g/mol. The molecule has 0 aliphatic heterocycles. The Morgan fingerprint density at radius 3 is 2.43 bits per heavy atom. The number of nitrogens with zero attached hydrogens (tertiary/aromatic N) is 2. The molecule has 1 fully saturated rings. The molecule has 1 saturated carbocycles. The monoisotopic (exact) mass is 307 g/mol. The van der Waals surface area contributed by atoms with Crippen molar-refractivity contribution >= 4 is 10.0 Å². The van der Waals surface area contributed by atoms with Crippen LogP contribution in [-0.4, -0.2) is 14.0 Å². The van der Waals surface area contributed by atoms with E-state index in [2.05, 4.69) is 10.8 Å². The van der Waals surface area contributed by atoms with Gasteiger partial charge in [-0.05, 0) is 31.0 Å². The smallest absolute Gasteiger partial charge is 0.207 e. The van der Waals surface area contributed by atoms with E-state index < -0.39 is 21.4 Å². The molecule has 1 aliphatic rings. The molecule has 0 aromatic heterocycles. The number of benzene rings is 1. The Balaban J connectivity index is 2.34. The highest BCUT2D eigenvalue weighted by Gasteiger charge is 2.36. The van der Waals surface area contributed by atoms with Crippen LogP contribution in [0.4, 0.5) is 4.39 Å². The van der Waals surface area contributed by atoms with Crippen molar-refractivity contribution in [2.24, 2.45) is 0 Å². The lowest BCUT2D eigenvalue weighted by Crippen LogP contribution is -2.48. The van der Waals surface area contributed by atoms with Gasteiger partial charge in [-0.25, -0.2) is 12.8 Å². The molecule has 0 saturated heterocycles. The quantitative estimate of drug-likeness (QED) is 0.926. The molecule has 2 rings (SSSR count). The highest BCUT2D eigenvalue weighted by Crippen LogP contribution is 2.29. The number of halogens is 1. The average Bonchev–Trinajstić information content (AvgIpc) is 2.48. The van der Waals surface area contributed by atoms with E-state index in [9.17, 15) is 18.1 Å².